The van der Waals surface area contributed by atoms with E-state index in [-0.39, 0.29) is 17.9 Å². The second kappa shape index (κ2) is 11.0. The Morgan fingerprint density at radius 1 is 1.24 bits per heavy atom. The van der Waals surface area contributed by atoms with E-state index >= 15 is 0 Å². The van der Waals surface area contributed by atoms with Gasteiger partial charge in [-0.05, 0) is 61.7 Å². The Kier molecular flexibility index (Phi) is 7.81. The number of benzene rings is 2. The van der Waals surface area contributed by atoms with Gasteiger partial charge in [0.15, 0.2) is 0 Å². The molecular weight excluding hydrogens is 490 g/mol. The first-order chi connectivity index (χ1) is 16.4. The molecule has 1 aliphatic heterocycles. The molecule has 3 aromatic rings. The molecule has 34 heavy (non-hydrogen) atoms. The molecule has 1 aliphatic rings. The van der Waals surface area contributed by atoms with Gasteiger partial charge >= 0.3 is 0 Å². The molecule has 0 radical (unpaired) electrons. The van der Waals surface area contributed by atoms with Crippen LogP contribution in [0.3, 0.4) is 0 Å². The molecule has 1 saturated heterocycles. The molecule has 176 valence electrons. The van der Waals surface area contributed by atoms with Crippen LogP contribution in [-0.2, 0) is 17.9 Å². The van der Waals surface area contributed by atoms with Crippen molar-refractivity contribution >= 4 is 21.8 Å². The zero-order valence-corrected chi connectivity index (χ0v) is 21.3. The monoisotopic (exact) mass is 519 g/mol. The van der Waals surface area contributed by atoms with E-state index in [1.54, 1.807) is 0 Å². The van der Waals surface area contributed by atoms with Crippen molar-refractivity contribution in [1.29, 1.82) is 5.26 Å². The topological polar surface area (TPSA) is 65.2 Å². The Balaban J connectivity index is 1.40. The van der Waals surface area contributed by atoms with E-state index in [1.807, 2.05) is 54.8 Å². The Labute approximate surface area is 209 Å². The molecule has 0 saturated carbocycles. The van der Waals surface area contributed by atoms with Crippen LogP contribution < -0.4 is 0 Å². The van der Waals surface area contributed by atoms with Crippen LogP contribution in [0.4, 0.5) is 0 Å². The van der Waals surface area contributed by atoms with Crippen LogP contribution in [0.2, 0.25) is 0 Å². The lowest BCUT2D eigenvalue weighted by atomic mass is 9.95. The van der Waals surface area contributed by atoms with Crippen LogP contribution in [0.5, 0.6) is 0 Å². The second-order valence-corrected chi connectivity index (χ2v) is 10.0. The Morgan fingerprint density at radius 2 is 2.03 bits per heavy atom. The number of piperidine rings is 1. The SMILES string of the molecule is C[C@@H](c1cncn1Cc1ccc(C#N)cc1)N(C)C(=O)C1CCCN(Cc2cccc(Br)c2)C1. The van der Waals surface area contributed by atoms with E-state index < -0.39 is 0 Å². The summed E-state index contributed by atoms with van der Waals surface area (Å²) < 4.78 is 3.16. The van der Waals surface area contributed by atoms with Gasteiger partial charge in [-0.15, -0.1) is 0 Å². The summed E-state index contributed by atoms with van der Waals surface area (Å²) in [6.45, 7) is 5.38. The number of halogens is 1. The molecule has 0 bridgehead atoms. The number of amides is 1. The van der Waals surface area contributed by atoms with E-state index in [2.05, 4.69) is 61.6 Å². The third kappa shape index (κ3) is 5.75. The number of nitrogens with zero attached hydrogens (tertiary/aromatic N) is 5. The third-order valence-electron chi connectivity index (χ3n) is 6.69. The van der Waals surface area contributed by atoms with E-state index in [9.17, 15) is 4.79 Å². The number of imidazole rings is 1. The summed E-state index contributed by atoms with van der Waals surface area (Å²) in [5, 5.41) is 9.02. The van der Waals surface area contributed by atoms with Gasteiger partial charge in [-0.3, -0.25) is 9.69 Å². The van der Waals surface area contributed by atoms with Gasteiger partial charge in [0.05, 0.1) is 41.8 Å². The summed E-state index contributed by atoms with van der Waals surface area (Å²) in [5.41, 5.74) is 4.00. The van der Waals surface area contributed by atoms with Crippen LogP contribution >= 0.6 is 15.9 Å². The molecule has 1 aromatic heterocycles. The first-order valence-corrected chi connectivity index (χ1v) is 12.5. The number of carbonyl (C=O) groups excluding carboxylic acids is 1. The molecule has 7 heteroatoms. The largest absolute Gasteiger partial charge is 0.337 e. The van der Waals surface area contributed by atoms with Crippen molar-refractivity contribution in [3.63, 3.8) is 0 Å². The third-order valence-corrected chi connectivity index (χ3v) is 7.18. The summed E-state index contributed by atoms with van der Waals surface area (Å²) in [6.07, 6.45) is 5.61. The normalized spacial score (nSPS) is 17.2. The number of hydrogen-bond acceptors (Lipinski definition) is 4. The first-order valence-electron chi connectivity index (χ1n) is 11.7. The van der Waals surface area contributed by atoms with Gasteiger partial charge in [0, 0.05) is 31.2 Å². The van der Waals surface area contributed by atoms with E-state index in [1.165, 1.54) is 5.56 Å². The fourth-order valence-corrected chi connectivity index (χ4v) is 5.11. The molecule has 0 N–H and O–H groups in total. The molecule has 1 amide bonds. The van der Waals surface area contributed by atoms with Crippen LogP contribution in [0.1, 0.15) is 48.2 Å². The van der Waals surface area contributed by atoms with Crippen molar-refractivity contribution in [2.45, 2.75) is 38.9 Å². The second-order valence-electron chi connectivity index (χ2n) is 9.08. The average Bonchev–Trinajstić information content (AvgIpc) is 3.31. The number of nitriles is 1. The zero-order chi connectivity index (χ0) is 24.1. The van der Waals surface area contributed by atoms with Crippen molar-refractivity contribution in [3.05, 3.63) is 87.9 Å². The number of likely N-dealkylation sites (tertiary alicyclic amines) is 1. The highest BCUT2D eigenvalue weighted by atomic mass is 79.9. The van der Waals surface area contributed by atoms with Gasteiger partial charge in [0.1, 0.15) is 0 Å². The van der Waals surface area contributed by atoms with Crippen molar-refractivity contribution in [2.24, 2.45) is 5.92 Å². The van der Waals surface area contributed by atoms with E-state index in [0.29, 0.717) is 12.1 Å². The van der Waals surface area contributed by atoms with Crippen molar-refractivity contribution in [3.8, 4) is 6.07 Å². The van der Waals surface area contributed by atoms with Crippen LogP contribution in [0, 0.1) is 17.2 Å². The van der Waals surface area contributed by atoms with Gasteiger partial charge in [-0.2, -0.15) is 5.26 Å². The lowest BCUT2D eigenvalue weighted by Crippen LogP contribution is -2.44. The molecule has 2 aromatic carbocycles. The van der Waals surface area contributed by atoms with Crippen LogP contribution in [0.25, 0.3) is 0 Å². The molecule has 2 heterocycles. The van der Waals surface area contributed by atoms with E-state index in [4.69, 9.17) is 5.26 Å². The molecular formula is C27H30BrN5O. The Bertz CT molecular complexity index is 1170. The fourth-order valence-electron chi connectivity index (χ4n) is 4.66. The molecule has 1 fully saturated rings. The highest BCUT2D eigenvalue weighted by molar-refractivity contribution is 9.10. The minimum absolute atomic E-state index is 0.00301. The minimum Gasteiger partial charge on any atom is -0.337 e. The average molecular weight is 520 g/mol. The summed E-state index contributed by atoms with van der Waals surface area (Å²) in [7, 11) is 1.90. The maximum Gasteiger partial charge on any atom is 0.227 e. The quantitative estimate of drug-likeness (QED) is 0.440. The first kappa shape index (κ1) is 24.2. The number of carbonyl (C=O) groups is 1. The smallest absolute Gasteiger partial charge is 0.227 e. The zero-order valence-electron chi connectivity index (χ0n) is 19.7. The molecule has 2 atom stereocenters. The molecule has 1 unspecified atom stereocenters. The standard InChI is InChI=1S/C27H30BrN5O/c1-20(26-15-30-19-33(26)17-22-10-8-21(14-29)9-11-22)31(2)27(34)24-6-4-12-32(18-24)16-23-5-3-7-25(28)13-23/h3,5,7-11,13,15,19-20,24H,4,6,12,16-18H2,1-2H3/t20-,24?/m0/s1. The van der Waals surface area contributed by atoms with Crippen LogP contribution in [0.15, 0.2) is 65.5 Å². The van der Waals surface area contributed by atoms with Gasteiger partial charge in [0.25, 0.3) is 0 Å². The van der Waals surface area contributed by atoms with Gasteiger partial charge in [-0.1, -0.05) is 40.2 Å². The van der Waals surface area contributed by atoms with Gasteiger partial charge in [-0.25, -0.2) is 4.98 Å². The van der Waals surface area contributed by atoms with Crippen molar-refractivity contribution < 1.29 is 4.79 Å². The molecule has 0 spiro atoms. The summed E-state index contributed by atoms with van der Waals surface area (Å²) >= 11 is 3.55. The fraction of sp³-hybridized carbons (Fsp3) is 0.370. The van der Waals surface area contributed by atoms with E-state index in [0.717, 1.165) is 48.2 Å². The minimum atomic E-state index is -0.0890. The maximum absolute atomic E-state index is 13.5. The maximum atomic E-state index is 13.5. The summed E-state index contributed by atoms with van der Waals surface area (Å²) in [4.78, 5) is 22.1. The number of hydrogen-bond donors (Lipinski definition) is 0. The highest BCUT2D eigenvalue weighted by Gasteiger charge is 2.31. The van der Waals surface area contributed by atoms with Crippen molar-refractivity contribution in [1.82, 2.24) is 19.4 Å². The number of aromatic nitrogens is 2. The predicted octanol–water partition coefficient (Wildman–Crippen LogP) is 5.00. The predicted molar refractivity (Wildman–Crippen MR) is 136 cm³/mol. The lowest BCUT2D eigenvalue weighted by Gasteiger charge is -2.35. The Morgan fingerprint density at radius 3 is 2.76 bits per heavy atom. The molecule has 0 aliphatic carbocycles. The summed E-state index contributed by atoms with van der Waals surface area (Å²) in [6, 6.07) is 18.0. The molecule has 6 nitrogen and oxygen atoms in total. The summed E-state index contributed by atoms with van der Waals surface area (Å²) in [5.74, 6) is 0.195. The van der Waals surface area contributed by atoms with Gasteiger partial charge in [0.2, 0.25) is 5.91 Å². The highest BCUT2D eigenvalue weighted by Crippen LogP contribution is 2.26. The van der Waals surface area contributed by atoms with Gasteiger partial charge < -0.3 is 9.47 Å². The molecule has 4 rings (SSSR count). The van der Waals surface area contributed by atoms with Crippen LogP contribution in [-0.4, -0.2) is 45.4 Å². The number of rotatable bonds is 7. The Hall–Kier alpha value is -2.95. The van der Waals surface area contributed by atoms with Crippen molar-refractivity contribution in [2.75, 3.05) is 20.1 Å². The lowest BCUT2D eigenvalue weighted by molar-refractivity contribution is -0.138.